The fourth-order valence-electron chi connectivity index (χ4n) is 3.01. The van der Waals surface area contributed by atoms with Crippen LogP contribution in [0.5, 0.6) is 0 Å². The van der Waals surface area contributed by atoms with E-state index in [0.29, 0.717) is 0 Å². The van der Waals surface area contributed by atoms with E-state index in [9.17, 15) is 0 Å². The molecule has 0 aromatic heterocycles. The van der Waals surface area contributed by atoms with Crippen LogP contribution >= 0.6 is 11.8 Å². The third-order valence-corrected chi connectivity index (χ3v) is 5.05. The van der Waals surface area contributed by atoms with Crippen molar-refractivity contribution < 1.29 is 4.74 Å². The molecule has 3 aliphatic heterocycles. The van der Waals surface area contributed by atoms with E-state index >= 15 is 0 Å². The van der Waals surface area contributed by atoms with Gasteiger partial charge in [0.1, 0.15) is 5.60 Å². The molecular formula is C11H17NOS. The van der Waals surface area contributed by atoms with Gasteiger partial charge in [0.2, 0.25) is 0 Å². The Morgan fingerprint density at radius 1 is 1.57 bits per heavy atom. The number of fused-ring (bicyclic) bond motifs is 1. The van der Waals surface area contributed by atoms with E-state index in [1.807, 2.05) is 0 Å². The van der Waals surface area contributed by atoms with Gasteiger partial charge in [0, 0.05) is 18.7 Å². The lowest BCUT2D eigenvalue weighted by molar-refractivity contribution is -0.0151. The molecule has 2 atom stereocenters. The number of thioether (sulfide) groups is 1. The molecule has 1 unspecified atom stereocenters. The van der Waals surface area contributed by atoms with Crippen LogP contribution in [0.3, 0.4) is 0 Å². The number of ether oxygens (including phenoxy) is 1. The second kappa shape index (κ2) is 3.26. The molecule has 2 nitrogen and oxygen atoms in total. The summed E-state index contributed by atoms with van der Waals surface area (Å²) in [4.78, 5) is 1.65. The highest BCUT2D eigenvalue weighted by Crippen LogP contribution is 2.48. The standard InChI is InChI=1S/C11H17NOS/c1-8-6-14-9-2-5-13-11(10(8)9)3-4-12-7-11/h8,12H,2-7H2,1H3/t8?,11-/m0/s1. The molecule has 1 saturated heterocycles. The van der Waals surface area contributed by atoms with Gasteiger partial charge in [-0.25, -0.2) is 0 Å². The highest BCUT2D eigenvalue weighted by molar-refractivity contribution is 8.03. The zero-order valence-electron chi connectivity index (χ0n) is 8.64. The van der Waals surface area contributed by atoms with Crippen molar-refractivity contribution in [1.29, 1.82) is 0 Å². The maximum absolute atomic E-state index is 6.08. The van der Waals surface area contributed by atoms with E-state index in [0.717, 1.165) is 32.0 Å². The van der Waals surface area contributed by atoms with Gasteiger partial charge in [0.05, 0.1) is 6.61 Å². The molecule has 14 heavy (non-hydrogen) atoms. The Balaban J connectivity index is 2.01. The van der Waals surface area contributed by atoms with Gasteiger partial charge >= 0.3 is 0 Å². The van der Waals surface area contributed by atoms with Crippen LogP contribution in [-0.4, -0.2) is 31.1 Å². The SMILES string of the molecule is CC1CSC2=C1[C@@]1(CCNC1)OCC2. The average molecular weight is 211 g/mol. The molecular weight excluding hydrogens is 194 g/mol. The molecule has 3 heteroatoms. The minimum Gasteiger partial charge on any atom is -0.369 e. The van der Waals surface area contributed by atoms with Crippen molar-refractivity contribution in [3.8, 4) is 0 Å². The predicted octanol–water partition coefficient (Wildman–Crippen LogP) is 1.78. The Bertz CT molecular complexity index is 281. The summed E-state index contributed by atoms with van der Waals surface area (Å²) in [5.41, 5.74) is 1.73. The summed E-state index contributed by atoms with van der Waals surface area (Å²) in [5, 5.41) is 3.45. The van der Waals surface area contributed by atoms with Crippen LogP contribution in [-0.2, 0) is 4.74 Å². The predicted molar refractivity (Wildman–Crippen MR) is 59.4 cm³/mol. The van der Waals surface area contributed by atoms with E-state index in [1.54, 1.807) is 10.5 Å². The van der Waals surface area contributed by atoms with Crippen LogP contribution in [0.2, 0.25) is 0 Å². The highest BCUT2D eigenvalue weighted by Gasteiger charge is 2.46. The van der Waals surface area contributed by atoms with E-state index < -0.39 is 0 Å². The van der Waals surface area contributed by atoms with Crippen molar-refractivity contribution in [3.05, 3.63) is 10.5 Å². The Morgan fingerprint density at radius 3 is 3.29 bits per heavy atom. The molecule has 0 aromatic carbocycles. The summed E-state index contributed by atoms with van der Waals surface area (Å²) in [6.07, 6.45) is 2.34. The Hall–Kier alpha value is 0.01000. The van der Waals surface area contributed by atoms with E-state index in [-0.39, 0.29) is 5.60 Å². The summed E-state index contributed by atoms with van der Waals surface area (Å²) in [6.45, 7) is 5.44. The number of hydrogen-bond donors (Lipinski definition) is 1. The summed E-state index contributed by atoms with van der Waals surface area (Å²) in [5.74, 6) is 2.01. The van der Waals surface area contributed by atoms with Gasteiger partial charge in [-0.05, 0) is 29.4 Å². The largest absolute Gasteiger partial charge is 0.369 e. The number of hydrogen-bond acceptors (Lipinski definition) is 3. The van der Waals surface area contributed by atoms with Crippen LogP contribution in [0.1, 0.15) is 19.8 Å². The third-order valence-electron chi connectivity index (χ3n) is 3.62. The smallest absolute Gasteiger partial charge is 0.104 e. The fraction of sp³-hybridized carbons (Fsp3) is 0.818. The second-order valence-corrected chi connectivity index (χ2v) is 5.68. The van der Waals surface area contributed by atoms with Gasteiger partial charge in [-0.2, -0.15) is 0 Å². The van der Waals surface area contributed by atoms with Crippen molar-refractivity contribution in [2.75, 3.05) is 25.4 Å². The lowest BCUT2D eigenvalue weighted by Crippen LogP contribution is -2.42. The first-order valence-corrected chi connectivity index (χ1v) is 6.51. The van der Waals surface area contributed by atoms with Gasteiger partial charge < -0.3 is 10.1 Å². The van der Waals surface area contributed by atoms with Gasteiger partial charge in [-0.15, -0.1) is 11.8 Å². The molecule has 3 heterocycles. The topological polar surface area (TPSA) is 21.3 Å². The van der Waals surface area contributed by atoms with Crippen LogP contribution in [0.15, 0.2) is 10.5 Å². The Labute approximate surface area is 89.5 Å². The first-order chi connectivity index (χ1) is 6.82. The summed E-state index contributed by atoms with van der Waals surface area (Å²) in [6, 6.07) is 0. The number of nitrogens with one attached hydrogen (secondary N) is 1. The molecule has 0 saturated carbocycles. The van der Waals surface area contributed by atoms with Crippen molar-refractivity contribution >= 4 is 11.8 Å². The molecule has 3 rings (SSSR count). The minimum atomic E-state index is 0.0938. The van der Waals surface area contributed by atoms with Gasteiger partial charge in [-0.1, -0.05) is 6.92 Å². The Morgan fingerprint density at radius 2 is 2.50 bits per heavy atom. The highest BCUT2D eigenvalue weighted by atomic mass is 32.2. The third kappa shape index (κ3) is 1.19. The fourth-order valence-corrected chi connectivity index (χ4v) is 4.40. The van der Waals surface area contributed by atoms with Crippen LogP contribution in [0, 0.1) is 5.92 Å². The maximum Gasteiger partial charge on any atom is 0.104 e. The summed E-state index contributed by atoms with van der Waals surface area (Å²) in [7, 11) is 0. The van der Waals surface area contributed by atoms with Crippen molar-refractivity contribution in [2.45, 2.75) is 25.4 Å². The second-order valence-electron chi connectivity index (χ2n) is 4.57. The minimum absolute atomic E-state index is 0.0938. The molecule has 0 aliphatic carbocycles. The van der Waals surface area contributed by atoms with Gasteiger partial charge in [0.25, 0.3) is 0 Å². The summed E-state index contributed by atoms with van der Waals surface area (Å²) >= 11 is 2.07. The monoisotopic (exact) mass is 211 g/mol. The van der Waals surface area contributed by atoms with E-state index in [4.69, 9.17) is 4.74 Å². The summed E-state index contributed by atoms with van der Waals surface area (Å²) < 4.78 is 6.08. The maximum atomic E-state index is 6.08. The normalized spacial score (nSPS) is 42.2. The number of rotatable bonds is 0. The van der Waals surface area contributed by atoms with E-state index in [2.05, 4.69) is 24.0 Å². The molecule has 0 bridgehead atoms. The Kier molecular flexibility index (Phi) is 2.15. The van der Waals surface area contributed by atoms with Gasteiger partial charge in [0.15, 0.2) is 0 Å². The van der Waals surface area contributed by atoms with Crippen LogP contribution < -0.4 is 5.32 Å². The van der Waals surface area contributed by atoms with E-state index in [1.165, 1.54) is 12.2 Å². The lowest BCUT2D eigenvalue weighted by atomic mass is 9.83. The van der Waals surface area contributed by atoms with Crippen LogP contribution in [0.25, 0.3) is 0 Å². The first-order valence-electron chi connectivity index (χ1n) is 5.53. The molecule has 3 aliphatic rings. The zero-order valence-corrected chi connectivity index (χ0v) is 9.45. The van der Waals surface area contributed by atoms with Gasteiger partial charge in [-0.3, -0.25) is 0 Å². The van der Waals surface area contributed by atoms with Crippen molar-refractivity contribution in [3.63, 3.8) is 0 Å². The first kappa shape index (κ1) is 9.25. The molecule has 0 aromatic rings. The van der Waals surface area contributed by atoms with Crippen molar-refractivity contribution in [1.82, 2.24) is 5.32 Å². The molecule has 78 valence electrons. The molecule has 0 amide bonds. The zero-order chi connectivity index (χ0) is 9.60. The lowest BCUT2D eigenvalue weighted by Gasteiger charge is -2.36. The van der Waals surface area contributed by atoms with Crippen molar-refractivity contribution in [2.24, 2.45) is 5.92 Å². The molecule has 1 spiro atoms. The van der Waals surface area contributed by atoms with Crippen LogP contribution in [0.4, 0.5) is 0 Å². The molecule has 1 N–H and O–H groups in total. The average Bonchev–Trinajstić information content (AvgIpc) is 2.76. The molecule has 1 fully saturated rings. The quantitative estimate of drug-likeness (QED) is 0.660. The molecule has 0 radical (unpaired) electrons.